The summed E-state index contributed by atoms with van der Waals surface area (Å²) in [5.41, 5.74) is -0.489. The molecule has 2 aromatic heterocycles. The van der Waals surface area contributed by atoms with E-state index in [2.05, 4.69) is 32.2 Å². The maximum Gasteiger partial charge on any atom is 0.416 e. The molecule has 170 valence electrons. The summed E-state index contributed by atoms with van der Waals surface area (Å²) in [5, 5.41) is 12.4. The molecule has 3 heterocycles. The second-order valence-corrected chi connectivity index (χ2v) is 8.43. The summed E-state index contributed by atoms with van der Waals surface area (Å²) >= 11 is 1.37. The first-order valence-corrected chi connectivity index (χ1v) is 11.1. The van der Waals surface area contributed by atoms with E-state index in [1.54, 1.807) is 22.9 Å². The number of alkyl halides is 3. The van der Waals surface area contributed by atoms with Crippen LogP contribution in [0.4, 0.5) is 24.0 Å². The molecule has 1 aliphatic rings. The van der Waals surface area contributed by atoms with E-state index in [0.29, 0.717) is 5.13 Å². The van der Waals surface area contributed by atoms with Gasteiger partial charge in [0, 0.05) is 38.1 Å². The number of nitrogens with zero attached hydrogens (tertiary/aromatic N) is 5. The van der Waals surface area contributed by atoms with E-state index in [1.807, 2.05) is 0 Å². The smallest absolute Gasteiger partial charge is 0.344 e. The third-order valence-electron chi connectivity index (χ3n) is 5.22. The van der Waals surface area contributed by atoms with Crippen LogP contribution < -0.4 is 10.2 Å². The van der Waals surface area contributed by atoms with Gasteiger partial charge in [-0.3, -0.25) is 14.3 Å². The van der Waals surface area contributed by atoms with E-state index in [-0.39, 0.29) is 11.4 Å². The Balaban J connectivity index is 1.47. The zero-order chi connectivity index (χ0) is 22.7. The molecule has 0 radical (unpaired) electrons. The minimum atomic E-state index is -4.48. The third-order valence-corrected chi connectivity index (χ3v) is 6.20. The molecule has 3 aromatic rings. The standard InChI is InChI=1S/C21H23F3N6OS/c1-2-8-28-10-12-29(13-11-28)19-26-27-20(32-19)30-9-4-7-17(30)18(31)25-16-6-3-5-15(14-16)21(22,23)24/h3-7,9,14H,2,8,10-13H2,1H3,(H,25,31). The van der Waals surface area contributed by atoms with Crippen molar-refractivity contribution >= 4 is 28.1 Å². The second-order valence-electron chi connectivity index (χ2n) is 7.49. The van der Waals surface area contributed by atoms with Gasteiger partial charge in [-0.1, -0.05) is 24.3 Å². The molecule has 0 unspecified atom stereocenters. The van der Waals surface area contributed by atoms with Gasteiger partial charge in [0.05, 0.1) is 5.56 Å². The van der Waals surface area contributed by atoms with Crippen molar-refractivity contribution in [2.75, 3.05) is 42.9 Å². The lowest BCUT2D eigenvalue weighted by molar-refractivity contribution is -0.137. The van der Waals surface area contributed by atoms with E-state index in [0.717, 1.165) is 56.4 Å². The lowest BCUT2D eigenvalue weighted by Crippen LogP contribution is -2.46. The number of hydrogen-bond acceptors (Lipinski definition) is 6. The van der Waals surface area contributed by atoms with Gasteiger partial charge in [-0.15, -0.1) is 10.2 Å². The largest absolute Gasteiger partial charge is 0.416 e. The van der Waals surface area contributed by atoms with Crippen molar-refractivity contribution in [1.29, 1.82) is 0 Å². The van der Waals surface area contributed by atoms with Gasteiger partial charge in [-0.25, -0.2) is 0 Å². The van der Waals surface area contributed by atoms with E-state index in [1.165, 1.54) is 23.5 Å². The summed E-state index contributed by atoms with van der Waals surface area (Å²) in [6.45, 7) is 6.92. The molecule has 4 rings (SSSR count). The van der Waals surface area contributed by atoms with Crippen molar-refractivity contribution in [1.82, 2.24) is 19.7 Å². The SMILES string of the molecule is CCCN1CCN(c2nnc(-n3cccc3C(=O)Nc3cccc(C(F)(F)F)c3)s2)CC1. The van der Waals surface area contributed by atoms with Crippen LogP contribution in [0.2, 0.25) is 0 Å². The van der Waals surface area contributed by atoms with Crippen molar-refractivity contribution in [2.45, 2.75) is 19.5 Å². The first-order valence-electron chi connectivity index (χ1n) is 10.3. The fourth-order valence-corrected chi connectivity index (χ4v) is 4.51. The topological polar surface area (TPSA) is 66.3 Å². The first-order chi connectivity index (χ1) is 15.3. The van der Waals surface area contributed by atoms with Gasteiger partial charge >= 0.3 is 6.18 Å². The van der Waals surface area contributed by atoms with Gasteiger partial charge in [0.1, 0.15) is 5.69 Å². The number of halogens is 3. The lowest BCUT2D eigenvalue weighted by atomic mass is 10.2. The molecule has 0 bridgehead atoms. The van der Waals surface area contributed by atoms with Crippen LogP contribution in [0.3, 0.4) is 0 Å². The summed E-state index contributed by atoms with van der Waals surface area (Å²) in [6.07, 6.45) is -1.67. The fourth-order valence-electron chi connectivity index (χ4n) is 3.61. The first kappa shape index (κ1) is 22.3. The average molecular weight is 465 g/mol. The molecular weight excluding hydrogens is 441 g/mol. The number of rotatable bonds is 6. The monoisotopic (exact) mass is 464 g/mol. The van der Waals surface area contributed by atoms with Crippen LogP contribution in [0.5, 0.6) is 0 Å². The van der Waals surface area contributed by atoms with Crippen LogP contribution in [-0.2, 0) is 6.18 Å². The number of amides is 1. The molecule has 11 heteroatoms. The summed E-state index contributed by atoms with van der Waals surface area (Å²) in [7, 11) is 0. The third kappa shape index (κ3) is 4.94. The van der Waals surface area contributed by atoms with Crippen molar-refractivity contribution in [2.24, 2.45) is 0 Å². The summed E-state index contributed by atoms with van der Waals surface area (Å²) < 4.78 is 40.4. The Labute approximate surface area is 187 Å². The molecule has 1 N–H and O–H groups in total. The Morgan fingerprint density at radius 2 is 1.84 bits per heavy atom. The normalized spacial score (nSPS) is 15.2. The number of hydrogen-bond donors (Lipinski definition) is 1. The minimum Gasteiger partial charge on any atom is -0.344 e. The number of piperazine rings is 1. The van der Waals surface area contributed by atoms with Crippen LogP contribution in [-0.4, -0.2) is 58.3 Å². The fraction of sp³-hybridized carbons (Fsp3) is 0.381. The maximum atomic E-state index is 12.9. The predicted molar refractivity (Wildman–Crippen MR) is 118 cm³/mol. The van der Waals surface area contributed by atoms with Gasteiger partial charge in [0.25, 0.3) is 5.91 Å². The highest BCUT2D eigenvalue weighted by molar-refractivity contribution is 7.17. The molecule has 7 nitrogen and oxygen atoms in total. The van der Waals surface area contributed by atoms with Crippen LogP contribution in [0.1, 0.15) is 29.4 Å². The molecule has 0 atom stereocenters. The van der Waals surface area contributed by atoms with Crippen LogP contribution in [0, 0.1) is 0 Å². The summed E-state index contributed by atoms with van der Waals surface area (Å²) in [6, 6.07) is 7.82. The maximum absolute atomic E-state index is 12.9. The molecule has 1 fully saturated rings. The highest BCUT2D eigenvalue weighted by Crippen LogP contribution is 2.31. The molecular formula is C21H23F3N6OS. The van der Waals surface area contributed by atoms with Crippen molar-refractivity contribution < 1.29 is 18.0 Å². The molecule has 0 spiro atoms. The van der Waals surface area contributed by atoms with Crippen molar-refractivity contribution in [3.8, 4) is 5.13 Å². The number of anilines is 2. The Morgan fingerprint density at radius 3 is 2.56 bits per heavy atom. The number of carbonyl (C=O) groups is 1. The predicted octanol–water partition coefficient (Wildman–Crippen LogP) is 4.13. The Bertz CT molecular complexity index is 1070. The summed E-state index contributed by atoms with van der Waals surface area (Å²) in [5.74, 6) is -0.528. The van der Waals surface area contributed by atoms with Crippen molar-refractivity contribution in [3.63, 3.8) is 0 Å². The lowest BCUT2D eigenvalue weighted by Gasteiger charge is -2.33. The quantitative estimate of drug-likeness (QED) is 0.594. The molecule has 1 aliphatic heterocycles. The highest BCUT2D eigenvalue weighted by atomic mass is 32.1. The zero-order valence-corrected chi connectivity index (χ0v) is 18.3. The number of nitrogens with one attached hydrogen (secondary N) is 1. The second kappa shape index (κ2) is 9.29. The van der Waals surface area contributed by atoms with E-state index >= 15 is 0 Å². The molecule has 32 heavy (non-hydrogen) atoms. The Morgan fingerprint density at radius 1 is 1.09 bits per heavy atom. The number of benzene rings is 1. The van der Waals surface area contributed by atoms with Crippen molar-refractivity contribution in [3.05, 3.63) is 53.9 Å². The molecule has 0 aliphatic carbocycles. The van der Waals surface area contributed by atoms with Crippen LogP contribution in [0.25, 0.3) is 5.13 Å². The van der Waals surface area contributed by atoms with E-state index in [9.17, 15) is 18.0 Å². The van der Waals surface area contributed by atoms with Gasteiger partial charge in [0.15, 0.2) is 0 Å². The molecule has 1 amide bonds. The number of carbonyl (C=O) groups excluding carboxylic acids is 1. The summed E-state index contributed by atoms with van der Waals surface area (Å²) in [4.78, 5) is 17.4. The zero-order valence-electron chi connectivity index (χ0n) is 17.5. The van der Waals surface area contributed by atoms with E-state index < -0.39 is 17.6 Å². The molecule has 1 saturated heterocycles. The highest BCUT2D eigenvalue weighted by Gasteiger charge is 2.30. The Kier molecular flexibility index (Phi) is 6.47. The Hall–Kier alpha value is -2.92. The van der Waals surface area contributed by atoms with Gasteiger partial charge < -0.3 is 10.2 Å². The molecule has 0 saturated carbocycles. The van der Waals surface area contributed by atoms with Gasteiger partial charge in [0.2, 0.25) is 10.3 Å². The minimum absolute atomic E-state index is 0.0699. The van der Waals surface area contributed by atoms with E-state index in [4.69, 9.17) is 0 Å². The van der Waals surface area contributed by atoms with Gasteiger partial charge in [-0.05, 0) is 43.3 Å². The van der Waals surface area contributed by atoms with Gasteiger partial charge in [-0.2, -0.15) is 13.2 Å². The molecule has 1 aromatic carbocycles. The van der Waals surface area contributed by atoms with Crippen LogP contribution in [0.15, 0.2) is 42.6 Å². The number of aromatic nitrogens is 3. The van der Waals surface area contributed by atoms with Crippen LogP contribution >= 0.6 is 11.3 Å². The average Bonchev–Trinajstić information content (AvgIpc) is 3.44.